The van der Waals surface area contributed by atoms with Gasteiger partial charge in [-0.05, 0) is 30.7 Å². The van der Waals surface area contributed by atoms with Crippen LogP contribution in [0.3, 0.4) is 0 Å². The fourth-order valence-electron chi connectivity index (χ4n) is 1.80. The van der Waals surface area contributed by atoms with Gasteiger partial charge in [0.05, 0.1) is 0 Å². The number of nitrogens with one attached hydrogen (secondary N) is 1. The van der Waals surface area contributed by atoms with Gasteiger partial charge in [-0.15, -0.1) is 0 Å². The van der Waals surface area contributed by atoms with Crippen molar-refractivity contribution in [2.24, 2.45) is 0 Å². The van der Waals surface area contributed by atoms with Gasteiger partial charge < -0.3 is 0 Å². The number of halogens is 2. The van der Waals surface area contributed by atoms with E-state index in [1.54, 1.807) is 6.92 Å². The molecule has 0 saturated carbocycles. The second-order valence-corrected chi connectivity index (χ2v) is 6.93. The van der Waals surface area contributed by atoms with Gasteiger partial charge in [0.2, 0.25) is 10.0 Å². The molecule has 2 rings (SSSR count). The normalized spacial score (nSPS) is 13.2. The predicted molar refractivity (Wildman–Crippen MR) is 79.3 cm³/mol. The SMILES string of the molecule is CC(NS(=O)(=O)c1ccc(Br)cc1F)c1ccccc1. The topological polar surface area (TPSA) is 46.2 Å². The van der Waals surface area contributed by atoms with Crippen LogP contribution in [0, 0.1) is 5.82 Å². The molecule has 6 heteroatoms. The molecule has 0 spiro atoms. The van der Waals surface area contributed by atoms with Crippen LogP contribution in [0.15, 0.2) is 57.9 Å². The maximum absolute atomic E-state index is 13.7. The summed E-state index contributed by atoms with van der Waals surface area (Å²) in [5.41, 5.74) is 0.814. The molecule has 0 fully saturated rings. The Morgan fingerprint density at radius 3 is 2.40 bits per heavy atom. The van der Waals surface area contributed by atoms with E-state index in [2.05, 4.69) is 20.7 Å². The van der Waals surface area contributed by atoms with E-state index in [9.17, 15) is 12.8 Å². The lowest BCUT2D eigenvalue weighted by molar-refractivity contribution is 0.546. The van der Waals surface area contributed by atoms with Crippen LogP contribution in [-0.2, 0) is 10.0 Å². The second kappa shape index (κ2) is 6.03. The highest BCUT2D eigenvalue weighted by molar-refractivity contribution is 9.10. The van der Waals surface area contributed by atoms with Gasteiger partial charge in [-0.25, -0.2) is 17.5 Å². The summed E-state index contributed by atoms with van der Waals surface area (Å²) in [7, 11) is -3.90. The third kappa shape index (κ3) is 3.45. The van der Waals surface area contributed by atoms with Gasteiger partial charge >= 0.3 is 0 Å². The Bertz CT molecular complexity index is 704. The minimum atomic E-state index is -3.90. The van der Waals surface area contributed by atoms with E-state index in [1.165, 1.54) is 12.1 Å². The quantitative estimate of drug-likeness (QED) is 0.907. The van der Waals surface area contributed by atoms with E-state index in [4.69, 9.17) is 0 Å². The Morgan fingerprint density at radius 1 is 1.15 bits per heavy atom. The molecule has 106 valence electrons. The Hall–Kier alpha value is -1.24. The number of rotatable bonds is 4. The summed E-state index contributed by atoms with van der Waals surface area (Å²) in [6, 6.07) is 12.5. The molecular weight excluding hydrogens is 345 g/mol. The van der Waals surface area contributed by atoms with Crippen LogP contribution in [0.4, 0.5) is 4.39 Å². The highest BCUT2D eigenvalue weighted by atomic mass is 79.9. The summed E-state index contributed by atoms with van der Waals surface area (Å²) in [5, 5.41) is 0. The molecule has 0 aliphatic rings. The highest BCUT2D eigenvalue weighted by Gasteiger charge is 2.21. The first-order chi connectivity index (χ1) is 9.40. The molecule has 0 radical (unpaired) electrons. The molecule has 3 nitrogen and oxygen atoms in total. The molecule has 2 aromatic rings. The van der Waals surface area contributed by atoms with Crippen LogP contribution in [0.2, 0.25) is 0 Å². The van der Waals surface area contributed by atoms with Crippen molar-refractivity contribution in [2.45, 2.75) is 17.9 Å². The van der Waals surface area contributed by atoms with E-state index >= 15 is 0 Å². The average molecular weight is 358 g/mol. The summed E-state index contributed by atoms with van der Waals surface area (Å²) in [6.45, 7) is 1.71. The summed E-state index contributed by atoms with van der Waals surface area (Å²) in [4.78, 5) is -0.358. The zero-order valence-corrected chi connectivity index (χ0v) is 13.1. The molecule has 0 aliphatic carbocycles. The van der Waals surface area contributed by atoms with Gasteiger partial charge in [0.15, 0.2) is 0 Å². The smallest absolute Gasteiger partial charge is 0.207 e. The fraction of sp³-hybridized carbons (Fsp3) is 0.143. The van der Waals surface area contributed by atoms with Crippen molar-refractivity contribution in [3.05, 3.63) is 64.4 Å². The minimum absolute atomic E-state index is 0.358. The second-order valence-electron chi connectivity index (χ2n) is 4.33. The standard InChI is InChI=1S/C14H13BrFNO2S/c1-10(11-5-3-2-4-6-11)17-20(18,19)14-8-7-12(15)9-13(14)16/h2-10,17H,1H3. The molecular formula is C14H13BrFNO2S. The van der Waals surface area contributed by atoms with Crippen LogP contribution in [-0.4, -0.2) is 8.42 Å². The first-order valence-electron chi connectivity index (χ1n) is 5.92. The Kier molecular flexibility index (Phi) is 4.57. The van der Waals surface area contributed by atoms with Crippen molar-refractivity contribution >= 4 is 26.0 Å². The Labute approximate surface area is 126 Å². The monoisotopic (exact) mass is 357 g/mol. The maximum atomic E-state index is 13.7. The minimum Gasteiger partial charge on any atom is -0.207 e. The third-order valence-corrected chi connectivity index (χ3v) is 4.88. The van der Waals surface area contributed by atoms with Gasteiger partial charge in [-0.3, -0.25) is 0 Å². The van der Waals surface area contributed by atoms with Gasteiger partial charge in [0, 0.05) is 10.5 Å². The van der Waals surface area contributed by atoms with E-state index < -0.39 is 21.9 Å². The molecule has 0 aromatic heterocycles. The molecule has 20 heavy (non-hydrogen) atoms. The van der Waals surface area contributed by atoms with Crippen LogP contribution in [0.1, 0.15) is 18.5 Å². The van der Waals surface area contributed by atoms with E-state index in [1.807, 2.05) is 30.3 Å². The van der Waals surface area contributed by atoms with Crippen molar-refractivity contribution in [3.8, 4) is 0 Å². The van der Waals surface area contributed by atoms with Gasteiger partial charge in [0.1, 0.15) is 10.7 Å². The van der Waals surface area contributed by atoms with Crippen molar-refractivity contribution in [1.29, 1.82) is 0 Å². The molecule has 0 heterocycles. The van der Waals surface area contributed by atoms with E-state index in [-0.39, 0.29) is 4.90 Å². The zero-order valence-electron chi connectivity index (χ0n) is 10.7. The van der Waals surface area contributed by atoms with Crippen molar-refractivity contribution in [3.63, 3.8) is 0 Å². The first kappa shape index (κ1) is 15.2. The number of benzene rings is 2. The molecule has 2 aromatic carbocycles. The molecule has 1 unspecified atom stereocenters. The number of sulfonamides is 1. The van der Waals surface area contributed by atoms with Crippen LogP contribution < -0.4 is 4.72 Å². The van der Waals surface area contributed by atoms with E-state index in [0.717, 1.165) is 11.6 Å². The third-order valence-electron chi connectivity index (χ3n) is 2.81. The summed E-state index contributed by atoms with van der Waals surface area (Å²) in [6.07, 6.45) is 0. The fourth-order valence-corrected chi connectivity index (χ4v) is 3.42. The summed E-state index contributed by atoms with van der Waals surface area (Å²) >= 11 is 3.10. The number of hydrogen-bond donors (Lipinski definition) is 1. The Morgan fingerprint density at radius 2 is 1.80 bits per heavy atom. The lowest BCUT2D eigenvalue weighted by Crippen LogP contribution is -2.27. The van der Waals surface area contributed by atoms with Crippen molar-refractivity contribution < 1.29 is 12.8 Å². The largest absolute Gasteiger partial charge is 0.244 e. The molecule has 0 amide bonds. The maximum Gasteiger partial charge on any atom is 0.244 e. The van der Waals surface area contributed by atoms with Crippen LogP contribution >= 0.6 is 15.9 Å². The first-order valence-corrected chi connectivity index (χ1v) is 8.20. The lowest BCUT2D eigenvalue weighted by Gasteiger charge is -2.15. The Balaban J connectivity index is 2.28. The van der Waals surface area contributed by atoms with Gasteiger partial charge in [-0.2, -0.15) is 0 Å². The molecule has 1 atom stereocenters. The molecule has 1 N–H and O–H groups in total. The lowest BCUT2D eigenvalue weighted by atomic mass is 10.1. The van der Waals surface area contributed by atoms with Gasteiger partial charge in [-0.1, -0.05) is 46.3 Å². The predicted octanol–water partition coefficient (Wildman–Crippen LogP) is 3.63. The molecule has 0 saturated heterocycles. The van der Waals surface area contributed by atoms with Crippen molar-refractivity contribution in [1.82, 2.24) is 4.72 Å². The summed E-state index contributed by atoms with van der Waals surface area (Å²) in [5.74, 6) is -0.785. The molecule has 0 aliphatic heterocycles. The average Bonchev–Trinajstić information content (AvgIpc) is 2.38. The van der Waals surface area contributed by atoms with E-state index in [0.29, 0.717) is 4.47 Å². The van der Waals surface area contributed by atoms with Crippen molar-refractivity contribution in [2.75, 3.05) is 0 Å². The van der Waals surface area contributed by atoms with Crippen LogP contribution in [0.25, 0.3) is 0 Å². The molecule has 0 bridgehead atoms. The van der Waals surface area contributed by atoms with Gasteiger partial charge in [0.25, 0.3) is 0 Å². The highest BCUT2D eigenvalue weighted by Crippen LogP contribution is 2.21. The zero-order chi connectivity index (χ0) is 14.8. The number of hydrogen-bond acceptors (Lipinski definition) is 2. The summed E-state index contributed by atoms with van der Waals surface area (Å²) < 4.78 is 41.1. The van der Waals surface area contributed by atoms with Crippen LogP contribution in [0.5, 0.6) is 0 Å².